The van der Waals surface area contributed by atoms with Crippen LogP contribution in [-0.2, 0) is 23.7 Å². The van der Waals surface area contributed by atoms with Gasteiger partial charge >= 0.3 is 14.1 Å². The van der Waals surface area contributed by atoms with Crippen molar-refractivity contribution in [1.82, 2.24) is 14.0 Å². The predicted molar refractivity (Wildman–Crippen MR) is 94.4 cm³/mol. The second-order valence-corrected chi connectivity index (χ2v) is 6.82. The number of ether oxygens (including phenoxy) is 2. The van der Waals surface area contributed by atoms with Crippen LogP contribution in [0, 0.1) is 0 Å². The zero-order chi connectivity index (χ0) is 18.9. The molecule has 1 aromatic rings. The molecule has 142 valence electrons. The highest BCUT2D eigenvalue weighted by Crippen LogP contribution is 2.33. The maximum Gasteiger partial charge on any atom is 0.569 e. The number of nitrogens with zero attached hydrogens (tertiary/aromatic N) is 4. The molecular formula is C13H19N5O6PS+. The fourth-order valence-corrected chi connectivity index (χ4v) is 3.75. The highest BCUT2D eigenvalue weighted by atomic mass is 32.1. The van der Waals surface area contributed by atoms with Crippen LogP contribution in [0.15, 0.2) is 17.8 Å². The standard InChI is InChI=1S/C13H18N5O6PS/c1-3-6-24-15-10(12(19)20)11-14-13(26-17-11)16-25(21)18-5-7-22-8-9(18)23-4-2/h3,9H,1,4-8H2,2H3,(H-,14,16,17,19,20,21)/p+1. The number of rotatable bonds is 10. The fourth-order valence-electron chi connectivity index (χ4n) is 1.95. The maximum absolute atomic E-state index is 12.6. The van der Waals surface area contributed by atoms with Crippen molar-refractivity contribution in [3.05, 3.63) is 18.5 Å². The van der Waals surface area contributed by atoms with E-state index in [4.69, 9.17) is 14.3 Å². The maximum atomic E-state index is 12.6. The quantitative estimate of drug-likeness (QED) is 0.193. The molecule has 0 bridgehead atoms. The lowest BCUT2D eigenvalue weighted by Gasteiger charge is -2.26. The third-order valence-electron chi connectivity index (χ3n) is 3.03. The van der Waals surface area contributed by atoms with Gasteiger partial charge in [-0.2, -0.15) is 9.36 Å². The number of carboxylic acids is 1. The van der Waals surface area contributed by atoms with Crippen LogP contribution >= 0.6 is 19.6 Å². The molecule has 0 spiro atoms. The van der Waals surface area contributed by atoms with Crippen LogP contribution in [0.1, 0.15) is 12.7 Å². The summed E-state index contributed by atoms with van der Waals surface area (Å²) < 4.78 is 28.9. The molecule has 1 saturated heterocycles. The van der Waals surface area contributed by atoms with Crippen LogP contribution in [0.3, 0.4) is 0 Å². The lowest BCUT2D eigenvalue weighted by atomic mass is 10.4. The summed E-state index contributed by atoms with van der Waals surface area (Å²) in [5, 5.41) is 15.6. The van der Waals surface area contributed by atoms with Crippen molar-refractivity contribution >= 4 is 36.4 Å². The van der Waals surface area contributed by atoms with E-state index in [0.717, 1.165) is 11.5 Å². The Morgan fingerprint density at radius 1 is 1.69 bits per heavy atom. The minimum absolute atomic E-state index is 0.0493. The van der Waals surface area contributed by atoms with Gasteiger partial charge in [-0.3, -0.25) is 0 Å². The number of hydrogen-bond donors (Lipinski definition) is 2. The van der Waals surface area contributed by atoms with Crippen molar-refractivity contribution in [1.29, 1.82) is 0 Å². The number of carboxylic acid groups (broad SMARTS) is 1. The number of nitrogens with one attached hydrogen (secondary N) is 1. The largest absolute Gasteiger partial charge is 0.569 e. The second-order valence-electron chi connectivity index (χ2n) is 4.79. The summed E-state index contributed by atoms with van der Waals surface area (Å²) >= 11 is 0.867. The van der Waals surface area contributed by atoms with Crippen molar-refractivity contribution in [3.63, 3.8) is 0 Å². The summed E-state index contributed by atoms with van der Waals surface area (Å²) in [5.41, 5.74) is -0.454. The van der Waals surface area contributed by atoms with Gasteiger partial charge in [-0.1, -0.05) is 17.8 Å². The van der Waals surface area contributed by atoms with E-state index in [9.17, 15) is 14.5 Å². The van der Waals surface area contributed by atoms with Gasteiger partial charge in [0.15, 0.2) is 6.23 Å². The van der Waals surface area contributed by atoms with E-state index in [1.54, 1.807) is 4.67 Å². The number of aromatic nitrogens is 2. The summed E-state index contributed by atoms with van der Waals surface area (Å²) in [6, 6.07) is 0. The van der Waals surface area contributed by atoms with Gasteiger partial charge in [0.1, 0.15) is 6.61 Å². The topological polar surface area (TPSA) is 135 Å². The molecule has 13 heteroatoms. The fraction of sp³-hybridized carbons (Fsp3) is 0.538. The molecule has 1 aliphatic rings. The molecule has 2 atom stereocenters. The van der Waals surface area contributed by atoms with Crippen LogP contribution in [0.25, 0.3) is 0 Å². The van der Waals surface area contributed by atoms with Gasteiger partial charge in [-0.15, -0.1) is 5.09 Å². The number of aliphatic carboxylic acids is 1. The van der Waals surface area contributed by atoms with E-state index in [1.165, 1.54) is 6.08 Å². The molecule has 0 saturated carbocycles. The van der Waals surface area contributed by atoms with Gasteiger partial charge in [0, 0.05) is 18.1 Å². The Balaban J connectivity index is 2.06. The lowest BCUT2D eigenvalue weighted by molar-refractivity contribution is -0.129. The van der Waals surface area contributed by atoms with E-state index >= 15 is 0 Å². The summed E-state index contributed by atoms with van der Waals surface area (Å²) in [4.78, 5) is 20.1. The normalized spacial score (nSPS) is 19.0. The minimum atomic E-state index is -2.06. The summed E-state index contributed by atoms with van der Waals surface area (Å²) in [7, 11) is -2.06. The Morgan fingerprint density at radius 2 is 2.50 bits per heavy atom. The van der Waals surface area contributed by atoms with Crippen LogP contribution < -0.4 is 5.09 Å². The van der Waals surface area contributed by atoms with Crippen molar-refractivity contribution in [2.24, 2.45) is 5.16 Å². The molecule has 1 aromatic heterocycles. The molecule has 1 aliphatic heterocycles. The number of oxime groups is 1. The van der Waals surface area contributed by atoms with Crippen molar-refractivity contribution < 1.29 is 28.8 Å². The molecule has 2 N–H and O–H groups in total. The number of carbonyl (C=O) groups is 1. The third-order valence-corrected chi connectivity index (χ3v) is 5.14. The minimum Gasteiger partial charge on any atom is -0.476 e. The van der Waals surface area contributed by atoms with Crippen LogP contribution in [0.4, 0.5) is 5.13 Å². The molecule has 0 radical (unpaired) electrons. The SMILES string of the molecule is C=CCON=C(C(=O)O)c1nsc(N[P+](=O)N2CCOCC2OCC)n1. The Kier molecular flexibility index (Phi) is 8.01. The summed E-state index contributed by atoms with van der Waals surface area (Å²) in [5.74, 6) is -1.48. The molecule has 0 aliphatic carbocycles. The third kappa shape index (κ3) is 5.51. The Labute approximate surface area is 154 Å². The van der Waals surface area contributed by atoms with Gasteiger partial charge in [0.2, 0.25) is 16.7 Å². The van der Waals surface area contributed by atoms with Gasteiger partial charge in [0.05, 0.1) is 19.8 Å². The molecule has 2 rings (SSSR count). The van der Waals surface area contributed by atoms with Gasteiger partial charge in [-0.25, -0.2) is 4.79 Å². The van der Waals surface area contributed by atoms with E-state index < -0.39 is 26.0 Å². The molecule has 2 heterocycles. The first-order valence-electron chi connectivity index (χ1n) is 7.64. The first-order chi connectivity index (χ1) is 12.6. The molecule has 0 amide bonds. The van der Waals surface area contributed by atoms with Gasteiger partial charge in [0.25, 0.3) is 0 Å². The van der Waals surface area contributed by atoms with Crippen molar-refractivity contribution in [2.75, 3.05) is 38.1 Å². The lowest BCUT2D eigenvalue weighted by Crippen LogP contribution is -2.43. The van der Waals surface area contributed by atoms with E-state index in [1.807, 2.05) is 6.92 Å². The van der Waals surface area contributed by atoms with Gasteiger partial charge < -0.3 is 19.4 Å². The molecule has 1 fully saturated rings. The Morgan fingerprint density at radius 3 is 3.19 bits per heavy atom. The van der Waals surface area contributed by atoms with Crippen LogP contribution in [0.2, 0.25) is 0 Å². The zero-order valence-electron chi connectivity index (χ0n) is 14.0. The molecular weight excluding hydrogens is 385 g/mol. The van der Waals surface area contributed by atoms with E-state index in [2.05, 4.69) is 26.2 Å². The first-order valence-corrected chi connectivity index (χ1v) is 9.63. The van der Waals surface area contributed by atoms with E-state index in [0.29, 0.717) is 26.4 Å². The summed E-state index contributed by atoms with van der Waals surface area (Å²) in [6.45, 7) is 6.96. The highest BCUT2D eigenvalue weighted by Gasteiger charge is 2.39. The average molecular weight is 404 g/mol. The second kappa shape index (κ2) is 10.2. The number of morpholine rings is 1. The highest BCUT2D eigenvalue weighted by molar-refractivity contribution is 7.44. The first kappa shape index (κ1) is 20.3. The Bertz CT molecular complexity index is 682. The van der Waals surface area contributed by atoms with Crippen molar-refractivity contribution in [3.8, 4) is 0 Å². The Hall–Kier alpha value is -1.98. The molecule has 2 unspecified atom stereocenters. The van der Waals surface area contributed by atoms with E-state index in [-0.39, 0.29) is 17.6 Å². The number of anilines is 1. The molecule has 0 aromatic carbocycles. The zero-order valence-corrected chi connectivity index (χ0v) is 15.7. The predicted octanol–water partition coefficient (Wildman–Crippen LogP) is 1.29. The van der Waals surface area contributed by atoms with Crippen molar-refractivity contribution in [2.45, 2.75) is 13.2 Å². The summed E-state index contributed by atoms with van der Waals surface area (Å²) in [6.07, 6.45) is 0.993. The number of hydrogen-bond acceptors (Lipinski definition) is 9. The van der Waals surface area contributed by atoms with Gasteiger partial charge in [-0.05, 0) is 16.2 Å². The monoisotopic (exact) mass is 404 g/mol. The van der Waals surface area contributed by atoms with Crippen LogP contribution in [0.5, 0.6) is 0 Å². The smallest absolute Gasteiger partial charge is 0.476 e. The molecule has 11 nitrogen and oxygen atoms in total. The van der Waals surface area contributed by atoms with Crippen LogP contribution in [-0.4, -0.2) is 70.0 Å². The average Bonchev–Trinajstić information content (AvgIpc) is 3.07. The molecule has 26 heavy (non-hydrogen) atoms.